The number of methoxy groups -OCH3 is 1. The van der Waals surface area contributed by atoms with E-state index in [0.717, 1.165) is 9.13 Å². The summed E-state index contributed by atoms with van der Waals surface area (Å²) in [5, 5.41) is 3.03. The fraction of sp³-hybridized carbons (Fsp3) is 0.250. The van der Waals surface area contributed by atoms with Gasteiger partial charge in [-0.05, 0) is 24.6 Å². The maximum Gasteiger partial charge on any atom is 0.338 e. The zero-order valence-electron chi connectivity index (χ0n) is 16.6. The molecule has 3 rings (SSSR count). The fourth-order valence-corrected chi connectivity index (χ4v) is 3.25. The molecule has 0 atom stereocenters. The van der Waals surface area contributed by atoms with Crippen LogP contribution >= 0.6 is 11.6 Å². The average molecular weight is 431 g/mol. The third-order valence-corrected chi connectivity index (χ3v) is 4.93. The number of benzene rings is 1. The van der Waals surface area contributed by atoms with Crippen LogP contribution in [0.4, 0.5) is 0 Å². The highest BCUT2D eigenvalue weighted by Gasteiger charge is 2.21. The lowest BCUT2D eigenvalue weighted by atomic mass is 10.1. The minimum atomic E-state index is -0.797. The number of nitrogens with one attached hydrogen (secondary N) is 1. The van der Waals surface area contributed by atoms with Crippen molar-refractivity contribution >= 4 is 34.5 Å². The largest absolute Gasteiger partial charge is 0.465 e. The van der Waals surface area contributed by atoms with Gasteiger partial charge >= 0.3 is 11.7 Å². The minimum Gasteiger partial charge on any atom is -0.465 e. The second kappa shape index (κ2) is 8.50. The monoisotopic (exact) mass is 430 g/mol. The van der Waals surface area contributed by atoms with Crippen molar-refractivity contribution < 1.29 is 14.3 Å². The molecule has 0 spiro atoms. The van der Waals surface area contributed by atoms with Crippen molar-refractivity contribution in [3.8, 4) is 0 Å². The van der Waals surface area contributed by atoms with E-state index in [9.17, 15) is 19.2 Å². The molecule has 1 aromatic carbocycles. The number of carbonyl (C=O) groups excluding carboxylic acids is 2. The lowest BCUT2D eigenvalue weighted by Gasteiger charge is -2.13. The molecule has 0 saturated heterocycles. The fourth-order valence-electron chi connectivity index (χ4n) is 3.05. The molecule has 0 fully saturated rings. The molecule has 0 aliphatic heterocycles. The number of esters is 1. The highest BCUT2D eigenvalue weighted by Crippen LogP contribution is 2.15. The molecule has 9 nitrogen and oxygen atoms in total. The number of aromatic nitrogens is 3. The average Bonchev–Trinajstić information content (AvgIpc) is 2.73. The molecule has 30 heavy (non-hydrogen) atoms. The summed E-state index contributed by atoms with van der Waals surface area (Å²) in [7, 11) is 2.60. The summed E-state index contributed by atoms with van der Waals surface area (Å²) in [5.74, 6) is -1.30. The molecule has 1 amide bonds. The number of amides is 1. The molecule has 3 aromatic rings. The van der Waals surface area contributed by atoms with E-state index in [2.05, 4.69) is 10.3 Å². The third-order valence-electron chi connectivity index (χ3n) is 4.56. The van der Waals surface area contributed by atoms with Crippen LogP contribution in [-0.4, -0.2) is 33.1 Å². The number of aryl methyl sites for hydroxylation is 2. The summed E-state index contributed by atoms with van der Waals surface area (Å²) in [4.78, 5) is 54.5. The summed E-state index contributed by atoms with van der Waals surface area (Å²) >= 11 is 6.07. The first-order valence-corrected chi connectivity index (χ1v) is 9.32. The smallest absolute Gasteiger partial charge is 0.338 e. The predicted molar refractivity (Wildman–Crippen MR) is 111 cm³/mol. The van der Waals surface area contributed by atoms with Gasteiger partial charge in [-0.25, -0.2) is 14.6 Å². The summed E-state index contributed by atoms with van der Waals surface area (Å²) < 4.78 is 6.63. The highest BCUT2D eigenvalue weighted by atomic mass is 35.5. The summed E-state index contributed by atoms with van der Waals surface area (Å²) in [6, 6.07) is 8.39. The van der Waals surface area contributed by atoms with Crippen LogP contribution in [0, 0.1) is 6.92 Å². The van der Waals surface area contributed by atoms with E-state index in [4.69, 9.17) is 16.3 Å². The maximum absolute atomic E-state index is 13.0. The van der Waals surface area contributed by atoms with Crippen molar-refractivity contribution in [1.82, 2.24) is 19.4 Å². The first-order chi connectivity index (χ1) is 14.2. The Morgan fingerprint density at radius 1 is 1.23 bits per heavy atom. The second-order valence-corrected chi connectivity index (χ2v) is 7.01. The second-order valence-electron chi connectivity index (χ2n) is 6.60. The van der Waals surface area contributed by atoms with E-state index < -0.39 is 29.7 Å². The molecule has 0 aliphatic rings. The summed E-state index contributed by atoms with van der Waals surface area (Å²) in [5.41, 5.74) is -0.376. The van der Waals surface area contributed by atoms with Gasteiger partial charge in [0.2, 0.25) is 5.91 Å². The minimum absolute atomic E-state index is 0.0224. The van der Waals surface area contributed by atoms with Crippen molar-refractivity contribution in [3.05, 3.63) is 73.0 Å². The van der Waals surface area contributed by atoms with Crippen LogP contribution in [0.1, 0.15) is 21.6 Å². The zero-order chi connectivity index (χ0) is 22.0. The van der Waals surface area contributed by atoms with Crippen molar-refractivity contribution in [2.45, 2.75) is 20.0 Å². The van der Waals surface area contributed by atoms with Crippen LogP contribution in [0.15, 0.2) is 39.9 Å². The van der Waals surface area contributed by atoms with Gasteiger partial charge in [0.05, 0.1) is 18.1 Å². The molecule has 0 aliphatic carbocycles. The van der Waals surface area contributed by atoms with Crippen molar-refractivity contribution in [2.75, 3.05) is 7.11 Å². The number of fused-ring (bicyclic) bond motifs is 1. The lowest BCUT2D eigenvalue weighted by molar-refractivity contribution is -0.121. The Labute approximate surface area is 175 Å². The Bertz CT molecular complexity index is 1280. The van der Waals surface area contributed by atoms with Crippen LogP contribution < -0.4 is 16.6 Å². The van der Waals surface area contributed by atoms with Gasteiger partial charge in [0, 0.05) is 24.3 Å². The van der Waals surface area contributed by atoms with Gasteiger partial charge in [0.1, 0.15) is 12.2 Å². The van der Waals surface area contributed by atoms with Crippen molar-refractivity contribution in [1.29, 1.82) is 0 Å². The number of carbonyl (C=O) groups is 2. The van der Waals surface area contributed by atoms with Crippen LogP contribution in [0.5, 0.6) is 0 Å². The van der Waals surface area contributed by atoms with E-state index in [-0.39, 0.29) is 23.1 Å². The molecule has 156 valence electrons. The van der Waals surface area contributed by atoms with Gasteiger partial charge in [0.15, 0.2) is 0 Å². The molecular formula is C20H19ClN4O5. The lowest BCUT2D eigenvalue weighted by Crippen LogP contribution is -2.43. The Balaban J connectivity index is 2.02. The van der Waals surface area contributed by atoms with E-state index >= 15 is 0 Å². The molecule has 0 radical (unpaired) electrons. The van der Waals surface area contributed by atoms with E-state index in [0.29, 0.717) is 16.3 Å². The highest BCUT2D eigenvalue weighted by molar-refractivity contribution is 6.31. The third kappa shape index (κ3) is 3.97. The molecule has 2 aromatic heterocycles. The number of nitrogens with zero attached hydrogens (tertiary/aromatic N) is 3. The predicted octanol–water partition coefficient (Wildman–Crippen LogP) is 1.16. The SMILES string of the molecule is COC(=O)c1cc(C)nc2c1c(=O)n(CC(=O)NCc1ccccc1Cl)c(=O)n2C. The number of halogens is 1. The van der Waals surface area contributed by atoms with Gasteiger partial charge in [-0.3, -0.25) is 18.7 Å². The molecule has 0 bridgehead atoms. The topological polar surface area (TPSA) is 112 Å². The van der Waals surface area contributed by atoms with E-state index in [1.165, 1.54) is 20.2 Å². The number of rotatable bonds is 5. The molecule has 1 N–H and O–H groups in total. The maximum atomic E-state index is 13.0. The van der Waals surface area contributed by atoms with Crippen molar-refractivity contribution in [2.24, 2.45) is 7.05 Å². The molecule has 2 heterocycles. The standard InChI is InChI=1S/C20H19ClN4O5/c1-11-8-13(19(28)30-3)16-17(23-11)24(2)20(29)25(18(16)27)10-15(26)22-9-12-6-4-5-7-14(12)21/h4-8H,9-10H2,1-3H3,(H,22,26). The van der Waals surface area contributed by atoms with Gasteiger partial charge in [0.25, 0.3) is 5.56 Å². The number of hydrogen-bond acceptors (Lipinski definition) is 6. The Morgan fingerprint density at radius 3 is 2.60 bits per heavy atom. The summed E-state index contributed by atoms with van der Waals surface area (Å²) in [6.07, 6.45) is 0. The Kier molecular flexibility index (Phi) is 6.02. The van der Waals surface area contributed by atoms with Crippen LogP contribution in [-0.2, 0) is 29.7 Å². The first kappa shape index (κ1) is 21.3. The quantitative estimate of drug-likeness (QED) is 0.608. The van der Waals surface area contributed by atoms with Crippen molar-refractivity contribution in [3.63, 3.8) is 0 Å². The first-order valence-electron chi connectivity index (χ1n) is 8.94. The van der Waals surface area contributed by atoms with Gasteiger partial charge < -0.3 is 10.1 Å². The molecule has 0 saturated carbocycles. The molecule has 0 unspecified atom stereocenters. The van der Waals surface area contributed by atoms with Gasteiger partial charge in [-0.1, -0.05) is 29.8 Å². The Hall–Kier alpha value is -3.46. The molecular weight excluding hydrogens is 412 g/mol. The molecule has 10 heteroatoms. The zero-order valence-corrected chi connectivity index (χ0v) is 17.3. The number of hydrogen-bond donors (Lipinski definition) is 1. The van der Waals surface area contributed by atoms with Crippen LogP contribution in [0.2, 0.25) is 5.02 Å². The van der Waals surface area contributed by atoms with E-state index in [1.54, 1.807) is 31.2 Å². The van der Waals surface area contributed by atoms with Gasteiger partial charge in [-0.15, -0.1) is 0 Å². The van der Waals surface area contributed by atoms with Crippen LogP contribution in [0.25, 0.3) is 11.0 Å². The van der Waals surface area contributed by atoms with Crippen LogP contribution in [0.3, 0.4) is 0 Å². The Morgan fingerprint density at radius 2 is 1.93 bits per heavy atom. The normalized spacial score (nSPS) is 10.8. The van der Waals surface area contributed by atoms with Gasteiger partial charge in [-0.2, -0.15) is 0 Å². The van der Waals surface area contributed by atoms with E-state index in [1.807, 2.05) is 0 Å². The summed E-state index contributed by atoms with van der Waals surface area (Å²) in [6.45, 7) is 1.24. The number of pyridine rings is 1. The number of ether oxygens (including phenoxy) is 1.